The minimum atomic E-state index is -0.433. The van der Waals surface area contributed by atoms with E-state index in [-0.39, 0.29) is 5.88 Å². The van der Waals surface area contributed by atoms with E-state index in [1.54, 1.807) is 18.2 Å². The molecule has 0 aliphatic heterocycles. The molecule has 1 heterocycles. The van der Waals surface area contributed by atoms with Crippen LogP contribution in [0.25, 0.3) is 0 Å². The zero-order valence-corrected chi connectivity index (χ0v) is 9.94. The average Bonchev–Trinajstić information content (AvgIpc) is 2.29. The lowest BCUT2D eigenvalue weighted by Crippen LogP contribution is -2.10. The number of aryl methyl sites for hydroxylation is 1. The molecule has 17 heavy (non-hydrogen) atoms. The van der Waals surface area contributed by atoms with Gasteiger partial charge in [-0.25, -0.2) is 9.78 Å². The van der Waals surface area contributed by atoms with Gasteiger partial charge in [0.25, 0.3) is 0 Å². The SMILES string of the molecule is Cc1ccccc1C(=O)Oc1cc(Cl)ccn1. The lowest BCUT2D eigenvalue weighted by molar-refractivity contribution is 0.0727. The zero-order chi connectivity index (χ0) is 12.3. The molecule has 0 N–H and O–H groups in total. The van der Waals surface area contributed by atoms with Gasteiger partial charge >= 0.3 is 5.97 Å². The van der Waals surface area contributed by atoms with Crippen molar-refractivity contribution in [3.8, 4) is 5.88 Å². The quantitative estimate of drug-likeness (QED) is 0.765. The average molecular weight is 248 g/mol. The summed E-state index contributed by atoms with van der Waals surface area (Å²) in [5.41, 5.74) is 1.38. The fraction of sp³-hybridized carbons (Fsp3) is 0.0769. The normalized spacial score (nSPS) is 10.0. The lowest BCUT2D eigenvalue weighted by Gasteiger charge is -2.05. The fourth-order valence-electron chi connectivity index (χ4n) is 1.39. The van der Waals surface area contributed by atoms with Crippen LogP contribution in [0.2, 0.25) is 5.02 Å². The third-order valence-electron chi connectivity index (χ3n) is 2.26. The molecule has 0 saturated heterocycles. The molecular weight excluding hydrogens is 238 g/mol. The topological polar surface area (TPSA) is 39.2 Å². The number of carbonyl (C=O) groups excluding carboxylic acids is 1. The Morgan fingerprint density at radius 1 is 1.29 bits per heavy atom. The first-order chi connectivity index (χ1) is 8.16. The number of halogens is 1. The molecule has 86 valence electrons. The zero-order valence-electron chi connectivity index (χ0n) is 9.18. The van der Waals surface area contributed by atoms with Gasteiger partial charge in [-0.05, 0) is 24.6 Å². The van der Waals surface area contributed by atoms with E-state index in [9.17, 15) is 4.79 Å². The van der Waals surface area contributed by atoms with Gasteiger partial charge in [0, 0.05) is 17.3 Å². The van der Waals surface area contributed by atoms with Gasteiger partial charge in [-0.15, -0.1) is 0 Å². The first kappa shape index (κ1) is 11.6. The molecule has 0 amide bonds. The van der Waals surface area contributed by atoms with Crippen LogP contribution in [0.3, 0.4) is 0 Å². The molecule has 0 aliphatic rings. The van der Waals surface area contributed by atoms with E-state index >= 15 is 0 Å². The molecule has 2 rings (SSSR count). The van der Waals surface area contributed by atoms with E-state index in [0.717, 1.165) is 5.56 Å². The van der Waals surface area contributed by atoms with Crippen molar-refractivity contribution in [3.05, 3.63) is 58.7 Å². The number of ether oxygens (including phenoxy) is 1. The molecule has 1 aromatic heterocycles. The Morgan fingerprint density at radius 3 is 2.76 bits per heavy atom. The van der Waals surface area contributed by atoms with Gasteiger partial charge < -0.3 is 4.74 Å². The Labute approximate surface area is 104 Å². The molecule has 2 aromatic rings. The molecule has 0 bridgehead atoms. The van der Waals surface area contributed by atoms with Gasteiger partial charge in [0.15, 0.2) is 0 Å². The van der Waals surface area contributed by atoms with Gasteiger partial charge in [-0.3, -0.25) is 0 Å². The summed E-state index contributed by atoms with van der Waals surface area (Å²) < 4.78 is 5.13. The van der Waals surface area contributed by atoms with E-state index in [2.05, 4.69) is 4.98 Å². The second kappa shape index (κ2) is 4.97. The van der Waals surface area contributed by atoms with Crippen LogP contribution in [-0.4, -0.2) is 11.0 Å². The number of hydrogen-bond acceptors (Lipinski definition) is 3. The molecule has 0 saturated carbocycles. The number of carbonyl (C=O) groups is 1. The van der Waals surface area contributed by atoms with Gasteiger partial charge in [0.1, 0.15) is 0 Å². The van der Waals surface area contributed by atoms with Gasteiger partial charge in [-0.2, -0.15) is 0 Å². The number of aromatic nitrogens is 1. The number of rotatable bonds is 2. The van der Waals surface area contributed by atoms with E-state index in [1.807, 2.05) is 19.1 Å². The first-order valence-corrected chi connectivity index (χ1v) is 5.44. The molecule has 0 atom stereocenters. The van der Waals surface area contributed by atoms with Crippen molar-refractivity contribution < 1.29 is 9.53 Å². The predicted molar refractivity (Wildman–Crippen MR) is 65.4 cm³/mol. The number of pyridine rings is 1. The highest BCUT2D eigenvalue weighted by Gasteiger charge is 2.11. The summed E-state index contributed by atoms with van der Waals surface area (Å²) in [6, 6.07) is 10.3. The van der Waals surface area contributed by atoms with E-state index in [1.165, 1.54) is 12.3 Å². The Kier molecular flexibility index (Phi) is 3.40. The second-order valence-corrected chi connectivity index (χ2v) is 3.95. The molecule has 1 aromatic carbocycles. The summed E-state index contributed by atoms with van der Waals surface area (Å²) in [7, 11) is 0. The van der Waals surface area contributed by atoms with Crippen molar-refractivity contribution in [2.24, 2.45) is 0 Å². The maximum absolute atomic E-state index is 11.8. The predicted octanol–water partition coefficient (Wildman–Crippen LogP) is 3.26. The van der Waals surface area contributed by atoms with Crippen molar-refractivity contribution in [1.82, 2.24) is 4.98 Å². The Bertz CT molecular complexity index is 555. The fourth-order valence-corrected chi connectivity index (χ4v) is 1.54. The minimum absolute atomic E-state index is 0.200. The van der Waals surface area contributed by atoms with Crippen LogP contribution >= 0.6 is 11.6 Å². The Morgan fingerprint density at radius 2 is 2.06 bits per heavy atom. The smallest absolute Gasteiger partial charge is 0.345 e. The number of hydrogen-bond donors (Lipinski definition) is 0. The molecule has 0 spiro atoms. The largest absolute Gasteiger partial charge is 0.404 e. The van der Waals surface area contributed by atoms with Crippen molar-refractivity contribution in [2.75, 3.05) is 0 Å². The first-order valence-electron chi connectivity index (χ1n) is 5.06. The maximum atomic E-state index is 11.8. The van der Waals surface area contributed by atoms with Crippen LogP contribution in [0.15, 0.2) is 42.6 Å². The second-order valence-electron chi connectivity index (χ2n) is 3.52. The molecule has 3 nitrogen and oxygen atoms in total. The summed E-state index contributed by atoms with van der Waals surface area (Å²) in [5, 5.41) is 0.479. The van der Waals surface area contributed by atoms with Gasteiger partial charge in [0.2, 0.25) is 5.88 Å². The highest BCUT2D eigenvalue weighted by molar-refractivity contribution is 6.30. The van der Waals surface area contributed by atoms with E-state index in [4.69, 9.17) is 16.3 Å². The van der Waals surface area contributed by atoms with Crippen LogP contribution < -0.4 is 4.74 Å². The Balaban J connectivity index is 2.20. The summed E-state index contributed by atoms with van der Waals surface area (Å²) >= 11 is 5.77. The summed E-state index contributed by atoms with van der Waals surface area (Å²) in [6.07, 6.45) is 1.49. The molecule has 0 fully saturated rings. The monoisotopic (exact) mass is 247 g/mol. The summed E-state index contributed by atoms with van der Waals surface area (Å²) in [4.78, 5) is 15.7. The lowest BCUT2D eigenvalue weighted by atomic mass is 10.1. The molecular formula is C13H10ClNO2. The van der Waals surface area contributed by atoms with Gasteiger partial charge in [-0.1, -0.05) is 29.8 Å². The molecule has 0 radical (unpaired) electrons. The summed E-state index contributed by atoms with van der Waals surface area (Å²) in [6.45, 7) is 1.85. The number of esters is 1. The van der Waals surface area contributed by atoms with E-state index < -0.39 is 5.97 Å². The van der Waals surface area contributed by atoms with Crippen molar-refractivity contribution >= 4 is 17.6 Å². The minimum Gasteiger partial charge on any atom is -0.404 e. The van der Waals surface area contributed by atoms with Crippen molar-refractivity contribution in [2.45, 2.75) is 6.92 Å². The molecule has 0 aliphatic carbocycles. The third kappa shape index (κ3) is 2.82. The molecule has 0 unspecified atom stereocenters. The van der Waals surface area contributed by atoms with Crippen LogP contribution in [0.5, 0.6) is 5.88 Å². The standard InChI is InChI=1S/C13H10ClNO2/c1-9-4-2-3-5-11(9)13(16)17-12-8-10(14)6-7-15-12/h2-8H,1H3. The van der Waals surface area contributed by atoms with Crippen molar-refractivity contribution in [3.63, 3.8) is 0 Å². The number of benzene rings is 1. The van der Waals surface area contributed by atoms with Gasteiger partial charge in [0.05, 0.1) is 5.56 Å². The summed E-state index contributed by atoms with van der Waals surface area (Å²) in [5.74, 6) is -0.233. The highest BCUT2D eigenvalue weighted by Crippen LogP contribution is 2.16. The van der Waals surface area contributed by atoms with Crippen molar-refractivity contribution in [1.29, 1.82) is 0 Å². The highest BCUT2D eigenvalue weighted by atomic mass is 35.5. The van der Waals surface area contributed by atoms with Crippen LogP contribution in [0.1, 0.15) is 15.9 Å². The third-order valence-corrected chi connectivity index (χ3v) is 2.49. The molecule has 4 heteroatoms. The van der Waals surface area contributed by atoms with Crippen LogP contribution in [0, 0.1) is 6.92 Å². The maximum Gasteiger partial charge on any atom is 0.345 e. The van der Waals surface area contributed by atoms with Crippen LogP contribution in [0.4, 0.5) is 0 Å². The van der Waals surface area contributed by atoms with Crippen LogP contribution in [-0.2, 0) is 0 Å². The van der Waals surface area contributed by atoms with E-state index in [0.29, 0.717) is 10.6 Å². The number of nitrogens with zero attached hydrogens (tertiary/aromatic N) is 1. The Hall–Kier alpha value is -1.87.